The summed E-state index contributed by atoms with van der Waals surface area (Å²) in [6, 6.07) is 12.4. The molecule has 0 bridgehead atoms. The molecule has 0 radical (unpaired) electrons. The van der Waals surface area contributed by atoms with Crippen LogP contribution in [0.5, 0.6) is 0 Å². The van der Waals surface area contributed by atoms with Crippen molar-refractivity contribution in [2.75, 3.05) is 0 Å². The van der Waals surface area contributed by atoms with Gasteiger partial charge in [-0.15, -0.1) is 11.3 Å². The van der Waals surface area contributed by atoms with E-state index in [0.29, 0.717) is 18.8 Å². The molecule has 0 N–H and O–H groups in total. The third-order valence-electron chi connectivity index (χ3n) is 3.00. The smallest absolute Gasteiger partial charge is 0.142 e. The maximum atomic E-state index is 11.9. The Morgan fingerprint density at radius 1 is 1.11 bits per heavy atom. The first-order valence-electron chi connectivity index (χ1n) is 6.28. The molecule has 1 aromatic heterocycles. The summed E-state index contributed by atoms with van der Waals surface area (Å²) < 4.78 is 0. The monoisotopic (exact) mass is 258 g/mol. The summed E-state index contributed by atoms with van der Waals surface area (Å²) in [5, 5.41) is 2.01. The Morgan fingerprint density at radius 3 is 2.39 bits per heavy atom. The van der Waals surface area contributed by atoms with E-state index in [0.717, 1.165) is 10.4 Å². The second-order valence-electron chi connectivity index (χ2n) is 4.87. The number of thiophene rings is 1. The molecule has 0 saturated heterocycles. The van der Waals surface area contributed by atoms with E-state index in [1.807, 2.05) is 17.5 Å². The Morgan fingerprint density at radius 2 is 1.83 bits per heavy atom. The number of carbonyl (C=O) groups is 1. The van der Waals surface area contributed by atoms with Crippen LogP contribution in [0.3, 0.4) is 0 Å². The maximum Gasteiger partial charge on any atom is 0.142 e. The van der Waals surface area contributed by atoms with E-state index < -0.39 is 0 Å². The molecule has 2 rings (SSSR count). The van der Waals surface area contributed by atoms with Gasteiger partial charge in [-0.1, -0.05) is 44.2 Å². The molecule has 0 atom stereocenters. The van der Waals surface area contributed by atoms with Crippen LogP contribution in [0.4, 0.5) is 0 Å². The van der Waals surface area contributed by atoms with E-state index in [4.69, 9.17) is 0 Å². The quantitative estimate of drug-likeness (QED) is 0.784. The largest absolute Gasteiger partial charge is 0.299 e. The van der Waals surface area contributed by atoms with Gasteiger partial charge in [0.05, 0.1) is 0 Å². The minimum absolute atomic E-state index is 0.287. The van der Waals surface area contributed by atoms with E-state index >= 15 is 0 Å². The molecule has 1 aromatic carbocycles. The van der Waals surface area contributed by atoms with Crippen LogP contribution in [-0.2, 0) is 17.6 Å². The zero-order valence-electron chi connectivity index (χ0n) is 10.8. The first kappa shape index (κ1) is 13.0. The summed E-state index contributed by atoms with van der Waals surface area (Å²) in [6.07, 6.45) is 1.10. The first-order valence-corrected chi connectivity index (χ1v) is 7.16. The lowest BCUT2D eigenvalue weighted by Crippen LogP contribution is -2.05. The normalized spacial score (nSPS) is 10.8. The number of benzene rings is 1. The van der Waals surface area contributed by atoms with E-state index in [-0.39, 0.29) is 5.78 Å². The van der Waals surface area contributed by atoms with E-state index in [1.54, 1.807) is 11.3 Å². The minimum atomic E-state index is 0.287. The molecule has 0 spiro atoms. The molecular formula is C16H18OS. The third-order valence-corrected chi connectivity index (χ3v) is 3.88. The van der Waals surface area contributed by atoms with Gasteiger partial charge in [0.15, 0.2) is 0 Å². The highest BCUT2D eigenvalue weighted by Gasteiger charge is 2.06. The van der Waals surface area contributed by atoms with Gasteiger partial charge in [-0.25, -0.2) is 0 Å². The van der Waals surface area contributed by atoms with Crippen LogP contribution in [0.1, 0.15) is 35.8 Å². The van der Waals surface area contributed by atoms with Crippen molar-refractivity contribution in [2.24, 2.45) is 0 Å². The van der Waals surface area contributed by atoms with Crippen LogP contribution >= 0.6 is 11.3 Å². The fourth-order valence-electron chi connectivity index (χ4n) is 1.92. The number of ketones is 1. The molecular weight excluding hydrogens is 240 g/mol. The van der Waals surface area contributed by atoms with Gasteiger partial charge in [0.25, 0.3) is 0 Å². The van der Waals surface area contributed by atoms with Gasteiger partial charge in [-0.2, -0.15) is 0 Å². The van der Waals surface area contributed by atoms with Crippen LogP contribution in [0.2, 0.25) is 0 Å². The second-order valence-corrected chi connectivity index (χ2v) is 5.90. The molecule has 0 aliphatic rings. The highest BCUT2D eigenvalue weighted by Crippen LogP contribution is 2.16. The lowest BCUT2D eigenvalue weighted by Gasteiger charge is -2.06. The van der Waals surface area contributed by atoms with Gasteiger partial charge in [-0.3, -0.25) is 4.79 Å². The minimum Gasteiger partial charge on any atom is -0.299 e. The average molecular weight is 258 g/mol. The van der Waals surface area contributed by atoms with Crippen LogP contribution in [0.15, 0.2) is 41.8 Å². The van der Waals surface area contributed by atoms with E-state index in [1.165, 1.54) is 5.56 Å². The topological polar surface area (TPSA) is 17.1 Å². The highest BCUT2D eigenvalue weighted by atomic mass is 32.1. The molecule has 0 fully saturated rings. The number of carbonyl (C=O) groups excluding carboxylic acids is 1. The number of rotatable bonds is 5. The Balaban J connectivity index is 1.95. The van der Waals surface area contributed by atoms with Crippen molar-refractivity contribution in [3.63, 3.8) is 0 Å². The standard InChI is InChI=1S/C16H18OS/c1-12(2)14-7-5-13(6-8-14)10-15(17)11-16-4-3-9-18-16/h3-9,12H,10-11H2,1-2H3. The second kappa shape index (κ2) is 5.96. The van der Waals surface area contributed by atoms with Gasteiger partial charge >= 0.3 is 0 Å². The molecule has 0 unspecified atom stereocenters. The molecule has 2 aromatic rings. The summed E-state index contributed by atoms with van der Waals surface area (Å²) in [6.45, 7) is 4.36. The summed E-state index contributed by atoms with van der Waals surface area (Å²) in [4.78, 5) is 13.1. The predicted molar refractivity (Wildman–Crippen MR) is 77.3 cm³/mol. The van der Waals surface area contributed by atoms with Crippen molar-refractivity contribution in [3.05, 3.63) is 57.8 Å². The average Bonchev–Trinajstić information content (AvgIpc) is 2.82. The summed E-state index contributed by atoms with van der Waals surface area (Å²) in [5.41, 5.74) is 2.44. The van der Waals surface area contributed by atoms with Crippen molar-refractivity contribution in [3.8, 4) is 0 Å². The molecule has 18 heavy (non-hydrogen) atoms. The van der Waals surface area contributed by atoms with Crippen molar-refractivity contribution in [1.82, 2.24) is 0 Å². The van der Waals surface area contributed by atoms with Crippen molar-refractivity contribution >= 4 is 17.1 Å². The fourth-order valence-corrected chi connectivity index (χ4v) is 2.65. The lowest BCUT2D eigenvalue weighted by molar-refractivity contribution is -0.117. The summed E-state index contributed by atoms with van der Waals surface area (Å²) in [5.74, 6) is 0.829. The Labute approximate surface area is 112 Å². The van der Waals surface area contributed by atoms with E-state index in [2.05, 4.69) is 38.1 Å². The molecule has 0 aliphatic carbocycles. The molecule has 1 heterocycles. The van der Waals surface area contributed by atoms with Crippen LogP contribution in [0.25, 0.3) is 0 Å². The number of hydrogen-bond donors (Lipinski definition) is 0. The fraction of sp³-hybridized carbons (Fsp3) is 0.312. The Hall–Kier alpha value is -1.41. The van der Waals surface area contributed by atoms with Gasteiger partial charge in [0.1, 0.15) is 5.78 Å². The zero-order valence-corrected chi connectivity index (χ0v) is 11.7. The molecule has 0 amide bonds. The van der Waals surface area contributed by atoms with Gasteiger partial charge < -0.3 is 0 Å². The van der Waals surface area contributed by atoms with Crippen molar-refractivity contribution < 1.29 is 4.79 Å². The van der Waals surface area contributed by atoms with Gasteiger partial charge in [0.2, 0.25) is 0 Å². The Bertz CT molecular complexity index is 494. The number of hydrogen-bond acceptors (Lipinski definition) is 2. The van der Waals surface area contributed by atoms with Gasteiger partial charge in [-0.05, 0) is 28.5 Å². The first-order chi connectivity index (χ1) is 8.65. The summed E-state index contributed by atoms with van der Waals surface area (Å²) >= 11 is 1.65. The highest BCUT2D eigenvalue weighted by molar-refractivity contribution is 7.10. The third kappa shape index (κ3) is 3.54. The molecule has 1 nitrogen and oxygen atoms in total. The number of Topliss-reactive ketones (excluding diaryl/α,β-unsaturated/α-hetero) is 1. The van der Waals surface area contributed by atoms with Crippen LogP contribution in [-0.4, -0.2) is 5.78 Å². The molecule has 94 valence electrons. The van der Waals surface area contributed by atoms with E-state index in [9.17, 15) is 4.79 Å². The predicted octanol–water partition coefficient (Wildman–Crippen LogP) is 4.23. The summed E-state index contributed by atoms with van der Waals surface area (Å²) in [7, 11) is 0. The van der Waals surface area contributed by atoms with Crippen molar-refractivity contribution in [1.29, 1.82) is 0 Å². The lowest BCUT2D eigenvalue weighted by atomic mass is 9.99. The SMILES string of the molecule is CC(C)c1ccc(CC(=O)Cc2cccs2)cc1. The zero-order chi connectivity index (χ0) is 13.0. The molecule has 0 aliphatic heterocycles. The molecule has 2 heteroatoms. The maximum absolute atomic E-state index is 11.9. The van der Waals surface area contributed by atoms with Crippen molar-refractivity contribution in [2.45, 2.75) is 32.6 Å². The van der Waals surface area contributed by atoms with Gasteiger partial charge in [0, 0.05) is 17.7 Å². The Kier molecular flexibility index (Phi) is 4.32. The van der Waals surface area contributed by atoms with Crippen LogP contribution in [0, 0.1) is 0 Å². The van der Waals surface area contributed by atoms with Crippen LogP contribution < -0.4 is 0 Å². The molecule has 0 saturated carbocycles.